The molecule has 2 aromatic carbocycles. The molecule has 3 heterocycles. The average molecular weight is 629 g/mol. The summed E-state index contributed by atoms with van der Waals surface area (Å²) in [6.45, 7) is 0.964. The van der Waals surface area contributed by atoms with Gasteiger partial charge in [0.25, 0.3) is 11.5 Å². The van der Waals surface area contributed by atoms with Crippen LogP contribution >= 0.6 is 0 Å². The van der Waals surface area contributed by atoms with E-state index in [1.54, 1.807) is 6.92 Å². The topological polar surface area (TPSA) is 140 Å². The van der Waals surface area contributed by atoms with Crippen molar-refractivity contribution in [3.8, 4) is 28.8 Å². The number of anilines is 1. The number of alkyl halides is 5. The van der Waals surface area contributed by atoms with Crippen molar-refractivity contribution >= 4 is 28.5 Å². The Kier molecular flexibility index (Phi) is 6.79. The van der Waals surface area contributed by atoms with Gasteiger partial charge in [-0.1, -0.05) is 12.1 Å². The van der Waals surface area contributed by atoms with Gasteiger partial charge in [0.05, 0.1) is 17.0 Å². The summed E-state index contributed by atoms with van der Waals surface area (Å²) in [5, 5.41) is 15.3. The lowest BCUT2D eigenvalue weighted by molar-refractivity contribution is -0.286. The first-order valence-electron chi connectivity index (χ1n) is 13.4. The molecule has 0 radical (unpaired) electrons. The maximum absolute atomic E-state index is 13.5. The van der Waals surface area contributed by atoms with E-state index in [9.17, 15) is 41.6 Å². The third-order valence-electron chi connectivity index (χ3n) is 7.37. The molecule has 0 unspecified atom stereocenters. The molecule has 16 heteroatoms. The van der Waals surface area contributed by atoms with Crippen LogP contribution in [0.2, 0.25) is 0 Å². The highest BCUT2D eigenvalue weighted by molar-refractivity contribution is 5.99. The van der Waals surface area contributed by atoms with E-state index in [0.717, 1.165) is 10.7 Å². The molecule has 1 aliphatic carbocycles. The van der Waals surface area contributed by atoms with E-state index in [1.165, 1.54) is 47.4 Å². The zero-order chi connectivity index (χ0) is 32.3. The first-order valence-corrected chi connectivity index (χ1v) is 13.4. The molecule has 6 rings (SSSR count). The van der Waals surface area contributed by atoms with Crippen molar-refractivity contribution in [3.05, 3.63) is 70.2 Å². The van der Waals surface area contributed by atoms with Crippen molar-refractivity contribution in [1.82, 2.24) is 15.1 Å². The number of hydrogen-bond donors (Lipinski definition) is 1. The zero-order valence-electron chi connectivity index (χ0n) is 23.1. The number of carbonyl (C=O) groups excluding carboxylic acids is 2. The molecule has 0 spiro atoms. The summed E-state index contributed by atoms with van der Waals surface area (Å²) in [5.41, 5.74) is -3.01. The van der Waals surface area contributed by atoms with Crippen LogP contribution < -0.4 is 25.2 Å². The van der Waals surface area contributed by atoms with Crippen LogP contribution in [0.3, 0.4) is 0 Å². The molecular formula is C29H20F5N5O6. The zero-order valence-corrected chi connectivity index (χ0v) is 23.1. The van der Waals surface area contributed by atoms with Gasteiger partial charge in [-0.25, -0.2) is 4.68 Å². The lowest BCUT2D eigenvalue weighted by Crippen LogP contribution is -2.47. The van der Waals surface area contributed by atoms with Crippen LogP contribution in [0, 0.1) is 11.3 Å². The van der Waals surface area contributed by atoms with Crippen molar-refractivity contribution in [1.29, 1.82) is 5.26 Å². The highest BCUT2D eigenvalue weighted by Crippen LogP contribution is 2.49. The van der Waals surface area contributed by atoms with Gasteiger partial charge in [0, 0.05) is 29.9 Å². The number of benzene rings is 2. The van der Waals surface area contributed by atoms with E-state index in [-0.39, 0.29) is 64.4 Å². The number of fused-ring (bicyclic) bond motifs is 2. The van der Waals surface area contributed by atoms with Crippen LogP contribution in [0.15, 0.2) is 57.7 Å². The maximum atomic E-state index is 13.5. The summed E-state index contributed by atoms with van der Waals surface area (Å²) in [6.07, 6.45) is -9.20. The van der Waals surface area contributed by atoms with Gasteiger partial charge < -0.3 is 24.1 Å². The van der Waals surface area contributed by atoms with Crippen LogP contribution in [-0.2, 0) is 11.3 Å². The monoisotopic (exact) mass is 629 g/mol. The van der Waals surface area contributed by atoms with Gasteiger partial charge >= 0.3 is 12.5 Å². The Morgan fingerprint density at radius 2 is 1.84 bits per heavy atom. The largest absolute Gasteiger partial charge is 0.586 e. The Morgan fingerprint density at radius 1 is 1.11 bits per heavy atom. The number of amides is 2. The molecule has 45 heavy (non-hydrogen) atoms. The van der Waals surface area contributed by atoms with E-state index in [0.29, 0.717) is 0 Å². The predicted molar refractivity (Wildman–Crippen MR) is 145 cm³/mol. The van der Waals surface area contributed by atoms with Gasteiger partial charge in [0.15, 0.2) is 22.8 Å². The molecule has 2 amide bonds. The Hall–Kier alpha value is -5.46. The van der Waals surface area contributed by atoms with E-state index in [4.69, 9.17) is 4.42 Å². The summed E-state index contributed by atoms with van der Waals surface area (Å²) >= 11 is 0. The number of ether oxygens (including phenoxy) is 2. The quantitative estimate of drug-likeness (QED) is 0.290. The van der Waals surface area contributed by atoms with E-state index < -0.39 is 47.7 Å². The minimum absolute atomic E-state index is 0.0416. The summed E-state index contributed by atoms with van der Waals surface area (Å²) in [5.74, 6) is -3.03. The molecule has 1 aliphatic heterocycles. The lowest BCUT2D eigenvalue weighted by atomic mass is 10.1. The molecule has 11 nitrogen and oxygen atoms in total. The number of aromatic nitrogens is 2. The third-order valence-corrected chi connectivity index (χ3v) is 7.37. The number of nitrogens with zero attached hydrogens (tertiary/aromatic N) is 4. The van der Waals surface area contributed by atoms with E-state index >= 15 is 0 Å². The van der Waals surface area contributed by atoms with Gasteiger partial charge in [0.1, 0.15) is 17.8 Å². The summed E-state index contributed by atoms with van der Waals surface area (Å²) in [6, 6.07) is 12.6. The van der Waals surface area contributed by atoms with E-state index in [1.807, 2.05) is 11.4 Å². The van der Waals surface area contributed by atoms with Gasteiger partial charge in [-0.2, -0.15) is 23.5 Å². The number of nitrogens with one attached hydrogen (secondary N) is 1. The SMILES string of the molecule is CCN(C(=O)Cn1nc(-c2cccc(C#N)c2)c2oc(C(=O)NC3(C(F)(F)F)CC3)cc2c1=O)c1ccc2c(c1)OC(F)(F)O2. The molecule has 1 fully saturated rings. The highest BCUT2D eigenvalue weighted by atomic mass is 19.4. The van der Waals surface area contributed by atoms with Crippen molar-refractivity contribution in [2.75, 3.05) is 11.4 Å². The Balaban J connectivity index is 1.39. The number of nitriles is 1. The first kappa shape index (κ1) is 29.6. The Bertz CT molecular complexity index is 1970. The maximum Gasteiger partial charge on any atom is 0.586 e. The van der Waals surface area contributed by atoms with Gasteiger partial charge in [-0.05, 0) is 44.0 Å². The first-order chi connectivity index (χ1) is 21.2. The van der Waals surface area contributed by atoms with Crippen molar-refractivity contribution in [2.24, 2.45) is 0 Å². The van der Waals surface area contributed by atoms with Crippen LogP contribution in [0.1, 0.15) is 35.9 Å². The molecule has 0 saturated heterocycles. The summed E-state index contributed by atoms with van der Waals surface area (Å²) in [7, 11) is 0. The number of halogens is 5. The van der Waals surface area contributed by atoms with Crippen LogP contribution in [0.25, 0.3) is 22.2 Å². The minimum Gasteiger partial charge on any atom is -0.448 e. The van der Waals surface area contributed by atoms with Crippen molar-refractivity contribution < 1.29 is 45.4 Å². The van der Waals surface area contributed by atoms with Crippen molar-refractivity contribution in [2.45, 2.75) is 44.3 Å². The Morgan fingerprint density at radius 3 is 2.51 bits per heavy atom. The average Bonchev–Trinajstić information content (AvgIpc) is 3.52. The number of likely N-dealkylation sites (N-methyl/N-ethyl adjacent to an activating group) is 1. The second-order valence-corrected chi connectivity index (χ2v) is 10.3. The minimum atomic E-state index is -4.70. The standard InChI is InChI=1S/C29H20F5N5O6/c1-2-38(17-6-7-19-20(11-17)45-29(33,34)44-19)22(40)14-39-26(42)18-12-21(25(41)36-27(8-9-27)28(30,31)32)43-24(18)23(37-39)16-5-3-4-15(10-16)13-35/h3-7,10-12H,2,8-9,14H2,1H3,(H,36,41). The number of rotatable bonds is 7. The summed E-state index contributed by atoms with van der Waals surface area (Å²) in [4.78, 5) is 41.0. The van der Waals surface area contributed by atoms with Crippen LogP contribution in [0.4, 0.5) is 27.6 Å². The number of carbonyl (C=O) groups is 2. The van der Waals surface area contributed by atoms with Gasteiger partial charge in [-0.15, -0.1) is 8.78 Å². The molecular weight excluding hydrogens is 609 g/mol. The van der Waals surface area contributed by atoms with Crippen LogP contribution in [0.5, 0.6) is 11.5 Å². The molecule has 4 aromatic rings. The fourth-order valence-electron chi connectivity index (χ4n) is 4.93. The fourth-order valence-corrected chi connectivity index (χ4v) is 4.93. The number of hydrogen-bond acceptors (Lipinski definition) is 8. The fraction of sp³-hybridized carbons (Fsp3) is 0.276. The molecule has 2 aliphatic rings. The van der Waals surface area contributed by atoms with Gasteiger partial charge in [0.2, 0.25) is 5.91 Å². The lowest BCUT2D eigenvalue weighted by Gasteiger charge is -2.21. The molecule has 1 N–H and O–H groups in total. The highest BCUT2D eigenvalue weighted by Gasteiger charge is 2.64. The summed E-state index contributed by atoms with van der Waals surface area (Å²) < 4.78 is 82.7. The molecule has 0 bridgehead atoms. The van der Waals surface area contributed by atoms with Crippen molar-refractivity contribution in [3.63, 3.8) is 0 Å². The predicted octanol–water partition coefficient (Wildman–Crippen LogP) is 4.73. The van der Waals surface area contributed by atoms with E-state index in [2.05, 4.69) is 14.6 Å². The molecule has 232 valence electrons. The molecule has 2 aromatic heterocycles. The second kappa shape index (κ2) is 10.3. The number of furan rings is 1. The molecule has 0 atom stereocenters. The molecule has 1 saturated carbocycles. The normalized spacial score (nSPS) is 15.8. The second-order valence-electron chi connectivity index (χ2n) is 10.3. The van der Waals surface area contributed by atoms with Crippen LogP contribution in [-0.4, -0.2) is 46.1 Å². The Labute approximate surface area is 249 Å². The van der Waals surface area contributed by atoms with Gasteiger partial charge in [-0.3, -0.25) is 14.4 Å². The smallest absolute Gasteiger partial charge is 0.448 e. The third kappa shape index (κ3) is 5.30.